The predicted octanol–water partition coefficient (Wildman–Crippen LogP) is 1.08. The Morgan fingerprint density at radius 1 is 1.25 bits per heavy atom. The van der Waals surface area contributed by atoms with Gasteiger partial charge in [-0.3, -0.25) is 0 Å². The van der Waals surface area contributed by atoms with E-state index >= 15 is 0 Å². The van der Waals surface area contributed by atoms with E-state index in [1.807, 2.05) is 0 Å². The fraction of sp³-hybridized carbons (Fsp3) is 0.500. The minimum absolute atomic E-state index is 0.142. The second kappa shape index (κ2) is 8.35. The lowest BCUT2D eigenvalue weighted by Gasteiger charge is -2.29. The number of alkyl halides is 3. The molecule has 1 amide bonds. The first-order chi connectivity index (χ1) is 15.2. The van der Waals surface area contributed by atoms with E-state index in [2.05, 4.69) is 19.9 Å². The molecule has 11 nitrogen and oxygen atoms in total. The second-order valence-electron chi connectivity index (χ2n) is 7.21. The highest BCUT2D eigenvalue weighted by Gasteiger charge is 2.42. The first kappa shape index (κ1) is 22.0. The number of carbonyl (C=O) groups excluding carboxylic acids is 1. The van der Waals surface area contributed by atoms with Crippen LogP contribution in [-0.4, -0.2) is 76.2 Å². The number of nitrogen functional groups attached to an aromatic ring is 1. The number of hydrogen-bond donors (Lipinski definition) is 2. The highest BCUT2D eigenvalue weighted by Crippen LogP contribution is 2.37. The molecule has 4 rings (SSSR count). The third-order valence-corrected chi connectivity index (χ3v) is 5.18. The van der Waals surface area contributed by atoms with E-state index in [1.165, 1.54) is 6.07 Å². The SMILES string of the molecule is C[C@H]1[C@@H](CO)OC(=O)N1c1nc(-c2cnc(N)nc2C(F)(F)F)cc(N2CCOCC2)n1. The van der Waals surface area contributed by atoms with E-state index < -0.39 is 48.2 Å². The van der Waals surface area contributed by atoms with Gasteiger partial charge in [-0.05, 0) is 6.92 Å². The molecule has 2 fully saturated rings. The summed E-state index contributed by atoms with van der Waals surface area (Å²) in [6, 6.07) is 0.721. The molecule has 3 N–H and O–H groups in total. The lowest BCUT2D eigenvalue weighted by atomic mass is 10.1. The molecule has 0 bridgehead atoms. The van der Waals surface area contributed by atoms with Gasteiger partial charge in [0.05, 0.1) is 31.6 Å². The van der Waals surface area contributed by atoms with Crippen molar-refractivity contribution in [3.63, 3.8) is 0 Å². The summed E-state index contributed by atoms with van der Waals surface area (Å²) in [5.41, 5.74) is 3.56. The zero-order valence-electron chi connectivity index (χ0n) is 16.9. The van der Waals surface area contributed by atoms with E-state index in [-0.39, 0.29) is 11.6 Å². The lowest BCUT2D eigenvalue weighted by molar-refractivity contribution is -0.140. The van der Waals surface area contributed by atoms with Crippen molar-refractivity contribution in [3.05, 3.63) is 18.0 Å². The number of anilines is 3. The van der Waals surface area contributed by atoms with Gasteiger partial charge in [0.1, 0.15) is 11.9 Å². The number of rotatable bonds is 4. The molecule has 0 aliphatic carbocycles. The first-order valence-corrected chi connectivity index (χ1v) is 9.71. The summed E-state index contributed by atoms with van der Waals surface area (Å²) in [6.07, 6.45) is -5.53. The monoisotopic (exact) mass is 455 g/mol. The van der Waals surface area contributed by atoms with Crippen LogP contribution in [-0.2, 0) is 15.7 Å². The first-order valence-electron chi connectivity index (χ1n) is 9.71. The molecule has 0 saturated carbocycles. The van der Waals surface area contributed by atoms with Crippen LogP contribution in [0.15, 0.2) is 12.3 Å². The summed E-state index contributed by atoms with van der Waals surface area (Å²) in [5, 5.41) is 9.44. The Hall–Kier alpha value is -3.26. The third-order valence-electron chi connectivity index (χ3n) is 5.18. The molecule has 172 valence electrons. The van der Waals surface area contributed by atoms with Gasteiger partial charge in [-0.25, -0.2) is 24.6 Å². The Bertz CT molecular complexity index is 1020. The minimum atomic E-state index is -4.82. The minimum Gasteiger partial charge on any atom is -0.441 e. The van der Waals surface area contributed by atoms with Gasteiger partial charge in [0.15, 0.2) is 5.69 Å². The molecule has 0 aromatic carbocycles. The van der Waals surface area contributed by atoms with Gasteiger partial charge in [-0.1, -0.05) is 0 Å². The fourth-order valence-corrected chi connectivity index (χ4v) is 3.49. The van der Waals surface area contributed by atoms with E-state index in [4.69, 9.17) is 15.2 Å². The van der Waals surface area contributed by atoms with Crippen molar-refractivity contribution in [3.8, 4) is 11.3 Å². The van der Waals surface area contributed by atoms with Crippen LogP contribution in [0.5, 0.6) is 0 Å². The largest absolute Gasteiger partial charge is 0.441 e. The van der Waals surface area contributed by atoms with E-state index in [1.54, 1.807) is 11.8 Å². The van der Waals surface area contributed by atoms with Gasteiger partial charge < -0.3 is 25.2 Å². The number of halogens is 3. The molecule has 32 heavy (non-hydrogen) atoms. The summed E-state index contributed by atoms with van der Waals surface area (Å²) in [7, 11) is 0. The molecular formula is C18H20F3N7O4. The summed E-state index contributed by atoms with van der Waals surface area (Å²) in [5.74, 6) is -0.403. The predicted molar refractivity (Wildman–Crippen MR) is 105 cm³/mol. The van der Waals surface area contributed by atoms with Crippen LogP contribution < -0.4 is 15.5 Å². The average molecular weight is 455 g/mol. The maximum absolute atomic E-state index is 13.7. The van der Waals surface area contributed by atoms with Crippen molar-refractivity contribution in [1.29, 1.82) is 0 Å². The van der Waals surface area contributed by atoms with Gasteiger partial charge in [0, 0.05) is 30.9 Å². The van der Waals surface area contributed by atoms with Crippen LogP contribution in [0.4, 0.5) is 35.7 Å². The third kappa shape index (κ3) is 4.10. The second-order valence-corrected chi connectivity index (χ2v) is 7.21. The number of aliphatic hydroxyl groups is 1. The summed E-state index contributed by atoms with van der Waals surface area (Å²) >= 11 is 0. The molecule has 2 aromatic rings. The number of morpholine rings is 1. The van der Waals surface area contributed by atoms with Crippen molar-refractivity contribution in [2.75, 3.05) is 48.4 Å². The van der Waals surface area contributed by atoms with Crippen molar-refractivity contribution >= 4 is 23.8 Å². The maximum atomic E-state index is 13.7. The number of nitrogens with zero attached hydrogens (tertiary/aromatic N) is 6. The fourth-order valence-electron chi connectivity index (χ4n) is 3.49. The van der Waals surface area contributed by atoms with Gasteiger partial charge in [-0.15, -0.1) is 0 Å². The molecule has 2 aliphatic rings. The molecule has 14 heteroatoms. The molecule has 2 aromatic heterocycles. The van der Waals surface area contributed by atoms with Crippen LogP contribution in [0.1, 0.15) is 12.6 Å². The lowest BCUT2D eigenvalue weighted by Crippen LogP contribution is -2.39. The smallest absolute Gasteiger partial charge is 0.434 e. The Morgan fingerprint density at radius 2 is 1.97 bits per heavy atom. The summed E-state index contributed by atoms with van der Waals surface area (Å²) < 4.78 is 51.4. The topological polar surface area (TPSA) is 140 Å². The van der Waals surface area contributed by atoms with Crippen LogP contribution in [0.3, 0.4) is 0 Å². The van der Waals surface area contributed by atoms with E-state index in [0.717, 1.165) is 11.1 Å². The van der Waals surface area contributed by atoms with Gasteiger partial charge in [0.2, 0.25) is 11.9 Å². The number of hydrogen-bond acceptors (Lipinski definition) is 10. The van der Waals surface area contributed by atoms with Crippen molar-refractivity contribution in [2.24, 2.45) is 0 Å². The Kier molecular flexibility index (Phi) is 5.73. The summed E-state index contributed by atoms with van der Waals surface area (Å²) in [4.78, 5) is 31.0. The number of amides is 1. The zero-order valence-corrected chi connectivity index (χ0v) is 16.9. The number of aromatic nitrogens is 4. The average Bonchev–Trinajstić information content (AvgIpc) is 3.06. The quantitative estimate of drug-likeness (QED) is 0.688. The molecule has 0 spiro atoms. The Morgan fingerprint density at radius 3 is 2.59 bits per heavy atom. The molecule has 0 radical (unpaired) electrons. The van der Waals surface area contributed by atoms with Crippen LogP contribution in [0.2, 0.25) is 0 Å². The normalized spacial score (nSPS) is 21.7. The molecule has 4 heterocycles. The van der Waals surface area contributed by atoms with Crippen molar-refractivity contribution in [2.45, 2.75) is 25.2 Å². The maximum Gasteiger partial charge on any atom is 0.434 e. The van der Waals surface area contributed by atoms with Gasteiger partial charge in [0.25, 0.3) is 0 Å². The highest BCUT2D eigenvalue weighted by atomic mass is 19.4. The number of cyclic esters (lactones) is 1. The standard InChI is InChI=1S/C18H20F3N7O4/c1-9-12(8-29)32-17(30)28(9)16-24-11(6-13(25-16)27-2-4-31-5-3-27)10-7-23-15(22)26-14(10)18(19,20)21/h6-7,9,12,29H,2-5,8H2,1H3,(H2,22,23,26)/t9-,12+/m0/s1. The van der Waals surface area contributed by atoms with Crippen LogP contribution >= 0.6 is 0 Å². The number of aliphatic hydroxyl groups excluding tert-OH is 1. The van der Waals surface area contributed by atoms with Crippen molar-refractivity contribution < 1.29 is 32.5 Å². The zero-order chi connectivity index (χ0) is 23.0. The Labute approximate surface area is 180 Å². The molecule has 2 atom stereocenters. The van der Waals surface area contributed by atoms with E-state index in [9.17, 15) is 23.1 Å². The van der Waals surface area contributed by atoms with Gasteiger partial charge in [-0.2, -0.15) is 18.2 Å². The molecule has 0 unspecified atom stereocenters. The number of carbonyl (C=O) groups is 1. The summed E-state index contributed by atoms with van der Waals surface area (Å²) in [6.45, 7) is 2.89. The molecular weight excluding hydrogens is 435 g/mol. The van der Waals surface area contributed by atoms with Crippen LogP contribution in [0, 0.1) is 0 Å². The van der Waals surface area contributed by atoms with E-state index in [0.29, 0.717) is 32.1 Å². The number of ether oxygens (including phenoxy) is 2. The molecule has 2 aliphatic heterocycles. The van der Waals surface area contributed by atoms with Crippen molar-refractivity contribution in [1.82, 2.24) is 19.9 Å². The highest BCUT2D eigenvalue weighted by molar-refractivity contribution is 5.89. The Balaban J connectivity index is 1.87. The van der Waals surface area contributed by atoms with Crippen LogP contribution in [0.25, 0.3) is 11.3 Å². The number of nitrogens with two attached hydrogens (primary N) is 1. The van der Waals surface area contributed by atoms with Gasteiger partial charge >= 0.3 is 12.3 Å². The molecule has 2 saturated heterocycles.